The molecule has 9 heteroatoms. The smallest absolute Gasteiger partial charge is 0.323 e. The molecular formula is C36H42N4O5. The van der Waals surface area contributed by atoms with Crippen LogP contribution in [0, 0.1) is 5.92 Å². The second-order valence-electron chi connectivity index (χ2n) is 11.9. The number of aliphatic hydroxyl groups is 1. The summed E-state index contributed by atoms with van der Waals surface area (Å²) in [4.78, 5) is 30.6. The number of rotatable bonds is 9. The number of carbonyl (C=O) groups excluding carboxylic acids is 2. The number of hydrogen-bond donors (Lipinski definition) is 3. The first-order chi connectivity index (χ1) is 21.7. The summed E-state index contributed by atoms with van der Waals surface area (Å²) in [6.45, 7) is 5.58. The minimum absolute atomic E-state index is 0.0171. The summed E-state index contributed by atoms with van der Waals surface area (Å²) in [5.74, 6) is 1.31. The second kappa shape index (κ2) is 14.5. The van der Waals surface area contributed by atoms with Crippen molar-refractivity contribution in [3.63, 3.8) is 0 Å². The maximum atomic E-state index is 13.6. The number of methoxy groups -OCH3 is 1. The molecule has 1 heterocycles. The lowest BCUT2D eigenvalue weighted by Crippen LogP contribution is -2.47. The molecule has 3 amide bonds. The maximum Gasteiger partial charge on any atom is 0.323 e. The second-order valence-corrected chi connectivity index (χ2v) is 11.9. The number of amides is 3. The van der Waals surface area contributed by atoms with Crippen LogP contribution in [-0.2, 0) is 17.8 Å². The summed E-state index contributed by atoms with van der Waals surface area (Å²) in [5.41, 5.74) is 3.08. The zero-order valence-corrected chi connectivity index (χ0v) is 26.3. The Labute approximate surface area is 264 Å². The van der Waals surface area contributed by atoms with Crippen molar-refractivity contribution in [2.45, 2.75) is 39.0 Å². The third kappa shape index (κ3) is 7.92. The van der Waals surface area contributed by atoms with E-state index >= 15 is 0 Å². The maximum absolute atomic E-state index is 13.6. The molecular weight excluding hydrogens is 568 g/mol. The molecule has 45 heavy (non-hydrogen) atoms. The number of nitrogens with one attached hydrogen (secondary N) is 2. The topological polar surface area (TPSA) is 103 Å². The number of urea groups is 1. The minimum atomic E-state index is -0.385. The first kappa shape index (κ1) is 31.8. The zero-order valence-electron chi connectivity index (χ0n) is 26.3. The Hall–Kier alpha value is -4.60. The third-order valence-electron chi connectivity index (χ3n) is 8.32. The van der Waals surface area contributed by atoms with Crippen LogP contribution < -0.4 is 20.1 Å². The van der Waals surface area contributed by atoms with Gasteiger partial charge < -0.3 is 30.1 Å². The van der Waals surface area contributed by atoms with Crippen LogP contribution in [0.4, 0.5) is 16.2 Å². The first-order valence-corrected chi connectivity index (χ1v) is 15.3. The van der Waals surface area contributed by atoms with Crippen molar-refractivity contribution in [3.05, 3.63) is 96.1 Å². The number of benzene rings is 4. The number of nitrogens with zero attached hydrogens (tertiary/aromatic N) is 2. The molecule has 4 aromatic carbocycles. The molecule has 3 atom stereocenters. The number of aliphatic hydroxyl groups excluding tert-OH is 1. The van der Waals surface area contributed by atoms with E-state index in [1.807, 2.05) is 79.7 Å². The molecule has 0 saturated heterocycles. The predicted octanol–water partition coefficient (Wildman–Crippen LogP) is 5.77. The Morgan fingerprint density at radius 3 is 2.58 bits per heavy atom. The number of ether oxygens (including phenoxy) is 2. The molecule has 0 aliphatic carbocycles. The summed E-state index contributed by atoms with van der Waals surface area (Å²) in [7, 11) is 3.70. The molecule has 1 aliphatic heterocycles. The van der Waals surface area contributed by atoms with Crippen LogP contribution in [0.5, 0.6) is 11.5 Å². The number of anilines is 2. The van der Waals surface area contributed by atoms with Crippen LogP contribution in [0.1, 0.15) is 25.0 Å². The molecule has 0 saturated carbocycles. The Morgan fingerprint density at radius 1 is 1.07 bits per heavy atom. The predicted molar refractivity (Wildman–Crippen MR) is 178 cm³/mol. The minimum Gasteiger partial charge on any atom is -0.497 e. The Balaban J connectivity index is 1.36. The molecule has 0 unspecified atom stereocenters. The van der Waals surface area contributed by atoms with Crippen molar-refractivity contribution in [1.82, 2.24) is 9.80 Å². The lowest BCUT2D eigenvalue weighted by molar-refractivity contribution is -0.134. The monoisotopic (exact) mass is 610 g/mol. The van der Waals surface area contributed by atoms with E-state index in [9.17, 15) is 14.7 Å². The molecule has 4 aromatic rings. The van der Waals surface area contributed by atoms with E-state index in [4.69, 9.17) is 9.47 Å². The van der Waals surface area contributed by atoms with E-state index < -0.39 is 0 Å². The molecule has 1 aliphatic rings. The van der Waals surface area contributed by atoms with Gasteiger partial charge in [-0.05, 0) is 61.3 Å². The number of fused-ring (bicyclic) bond motifs is 2. The highest BCUT2D eigenvalue weighted by atomic mass is 16.5. The lowest BCUT2D eigenvalue weighted by atomic mass is 10.0. The molecule has 0 aromatic heterocycles. The molecule has 0 bridgehead atoms. The lowest BCUT2D eigenvalue weighted by Gasteiger charge is -2.34. The van der Waals surface area contributed by atoms with Gasteiger partial charge in [0.1, 0.15) is 17.6 Å². The highest BCUT2D eigenvalue weighted by Gasteiger charge is 2.31. The largest absolute Gasteiger partial charge is 0.497 e. The van der Waals surface area contributed by atoms with Gasteiger partial charge in [0, 0.05) is 42.2 Å². The van der Waals surface area contributed by atoms with Crippen molar-refractivity contribution < 1.29 is 24.2 Å². The van der Waals surface area contributed by atoms with Crippen LogP contribution >= 0.6 is 0 Å². The van der Waals surface area contributed by atoms with Crippen molar-refractivity contribution in [1.29, 1.82) is 0 Å². The van der Waals surface area contributed by atoms with Gasteiger partial charge in [-0.1, -0.05) is 55.5 Å². The summed E-state index contributed by atoms with van der Waals surface area (Å²) in [5, 5.41) is 17.8. The standard InChI is InChI=1S/C36H42N4O5/c1-24-20-40(25(2)23-41)35(42)19-28-18-29(37-36(43)38-32-11-7-9-27-8-5-6-10-31(27)32)14-17-33(28)45-34(24)22-39(3)21-26-12-15-30(44-4)16-13-26/h5-18,24-25,34,41H,19-23H2,1-4H3,(H2,37,38,43)/t24-,25-,34-/m0/s1. The quantitative estimate of drug-likeness (QED) is 0.222. The number of likely N-dealkylation sites (N-methyl/N-ethyl adjacent to an activating group) is 1. The Bertz CT molecular complexity index is 1620. The third-order valence-corrected chi connectivity index (χ3v) is 8.32. The summed E-state index contributed by atoms with van der Waals surface area (Å²) in [6.07, 6.45) is -0.152. The van der Waals surface area contributed by atoms with Gasteiger partial charge in [-0.25, -0.2) is 4.79 Å². The van der Waals surface area contributed by atoms with Gasteiger partial charge in [0.2, 0.25) is 5.91 Å². The van der Waals surface area contributed by atoms with Gasteiger partial charge in [-0.3, -0.25) is 9.69 Å². The number of hydrogen-bond acceptors (Lipinski definition) is 6. The Kier molecular flexibility index (Phi) is 10.2. The highest BCUT2D eigenvalue weighted by Crippen LogP contribution is 2.30. The first-order valence-electron chi connectivity index (χ1n) is 15.3. The van der Waals surface area contributed by atoms with Gasteiger partial charge in [0.25, 0.3) is 0 Å². The summed E-state index contributed by atoms with van der Waals surface area (Å²) >= 11 is 0. The van der Waals surface area contributed by atoms with Crippen LogP contribution in [0.25, 0.3) is 10.8 Å². The molecule has 5 rings (SSSR count). The fraction of sp³-hybridized carbons (Fsp3) is 0.333. The normalized spacial score (nSPS) is 17.5. The highest BCUT2D eigenvalue weighted by molar-refractivity contribution is 6.06. The van der Waals surface area contributed by atoms with E-state index in [1.54, 1.807) is 24.1 Å². The van der Waals surface area contributed by atoms with Crippen LogP contribution in [-0.4, -0.2) is 72.8 Å². The SMILES string of the molecule is COc1ccc(CN(C)C[C@@H]2Oc3ccc(NC(=O)Nc4cccc5ccccc45)cc3CC(=O)N([C@@H](C)CO)C[C@@H]2C)cc1. The van der Waals surface area contributed by atoms with Crippen LogP contribution in [0.15, 0.2) is 84.9 Å². The van der Waals surface area contributed by atoms with Crippen LogP contribution in [0.3, 0.4) is 0 Å². The average molecular weight is 611 g/mol. The summed E-state index contributed by atoms with van der Waals surface area (Å²) < 4.78 is 11.9. The zero-order chi connectivity index (χ0) is 31.9. The fourth-order valence-corrected chi connectivity index (χ4v) is 5.76. The average Bonchev–Trinajstić information content (AvgIpc) is 3.08. The van der Waals surface area contributed by atoms with Crippen molar-refractivity contribution in [2.75, 3.05) is 44.5 Å². The molecule has 9 nitrogen and oxygen atoms in total. The van der Waals surface area contributed by atoms with Gasteiger partial charge >= 0.3 is 6.03 Å². The molecule has 0 radical (unpaired) electrons. The van der Waals surface area contributed by atoms with Crippen molar-refractivity contribution in [3.8, 4) is 11.5 Å². The van der Waals surface area contributed by atoms with E-state index in [-0.39, 0.29) is 43.0 Å². The van der Waals surface area contributed by atoms with Crippen molar-refractivity contribution in [2.24, 2.45) is 5.92 Å². The van der Waals surface area contributed by atoms with Gasteiger partial charge in [-0.2, -0.15) is 0 Å². The Morgan fingerprint density at radius 2 is 1.82 bits per heavy atom. The van der Waals surface area contributed by atoms with Crippen molar-refractivity contribution >= 4 is 34.1 Å². The number of carbonyl (C=O) groups is 2. The molecule has 0 spiro atoms. The molecule has 0 fully saturated rings. The van der Waals surface area contributed by atoms with Gasteiger partial charge in [-0.15, -0.1) is 0 Å². The molecule has 3 N–H and O–H groups in total. The fourth-order valence-electron chi connectivity index (χ4n) is 5.76. The molecule has 236 valence electrons. The summed E-state index contributed by atoms with van der Waals surface area (Å²) in [6, 6.07) is 26.3. The van der Waals surface area contributed by atoms with Crippen LogP contribution in [0.2, 0.25) is 0 Å². The van der Waals surface area contributed by atoms with E-state index in [0.29, 0.717) is 42.3 Å². The van der Waals surface area contributed by atoms with Gasteiger partial charge in [0.15, 0.2) is 0 Å². The van der Waals surface area contributed by atoms with Gasteiger partial charge in [0.05, 0.1) is 31.9 Å². The van der Waals surface area contributed by atoms with E-state index in [2.05, 4.69) is 29.5 Å². The van der Waals surface area contributed by atoms with E-state index in [1.165, 1.54) is 0 Å². The van der Waals surface area contributed by atoms with E-state index in [0.717, 1.165) is 22.1 Å².